The molecule has 1 nitrogen and oxygen atoms in total. The predicted octanol–water partition coefficient (Wildman–Crippen LogP) is 4.96. The highest BCUT2D eigenvalue weighted by Gasteiger charge is 2.34. The fourth-order valence-electron chi connectivity index (χ4n) is 3.44. The lowest BCUT2D eigenvalue weighted by molar-refractivity contribution is 0.272. The van der Waals surface area contributed by atoms with Gasteiger partial charge in [0, 0.05) is 17.1 Å². The van der Waals surface area contributed by atoms with E-state index in [0.29, 0.717) is 12.1 Å². The Balaban J connectivity index is 1.69. The summed E-state index contributed by atoms with van der Waals surface area (Å²) in [5.74, 6) is 1.73. The van der Waals surface area contributed by atoms with E-state index in [1.165, 1.54) is 44.1 Å². The lowest BCUT2D eigenvalue weighted by atomic mass is 9.86. The molecule has 3 atom stereocenters. The molecule has 0 saturated heterocycles. The number of hydrogen-bond donors (Lipinski definition) is 1. The van der Waals surface area contributed by atoms with Crippen LogP contribution in [0.2, 0.25) is 5.02 Å². The van der Waals surface area contributed by atoms with Crippen molar-refractivity contribution in [1.82, 2.24) is 5.32 Å². The van der Waals surface area contributed by atoms with Crippen LogP contribution in [0.25, 0.3) is 0 Å². The third kappa shape index (κ3) is 3.52. The second-order valence-electron chi connectivity index (χ2n) is 6.50. The van der Waals surface area contributed by atoms with Crippen LogP contribution in [0.4, 0.5) is 0 Å². The minimum atomic E-state index is 0.549. The van der Waals surface area contributed by atoms with E-state index in [9.17, 15) is 0 Å². The molecule has 2 aliphatic rings. The molecule has 3 rings (SSSR count). The molecule has 1 N–H and O–H groups in total. The molecule has 2 fully saturated rings. The van der Waals surface area contributed by atoms with E-state index in [-0.39, 0.29) is 0 Å². The van der Waals surface area contributed by atoms with E-state index in [1.807, 2.05) is 12.1 Å². The normalized spacial score (nSPS) is 29.2. The first-order valence-electron chi connectivity index (χ1n) is 7.74. The van der Waals surface area contributed by atoms with Gasteiger partial charge in [0.25, 0.3) is 0 Å². The van der Waals surface area contributed by atoms with Gasteiger partial charge in [0.1, 0.15) is 0 Å². The first-order chi connectivity index (χ1) is 9.22. The summed E-state index contributed by atoms with van der Waals surface area (Å²) in [7, 11) is 0. The standard InChI is InChI=1S/C17H24ClN/c1-12-3-2-4-16(11-12)19-17(13-5-6-13)14-7-9-15(18)10-8-14/h7-10,12-13,16-17,19H,2-6,11H2,1H3. The van der Waals surface area contributed by atoms with Crippen molar-refractivity contribution in [1.29, 1.82) is 0 Å². The lowest BCUT2D eigenvalue weighted by Crippen LogP contribution is -2.37. The molecule has 0 heterocycles. The minimum absolute atomic E-state index is 0.549. The van der Waals surface area contributed by atoms with Gasteiger partial charge in [-0.15, -0.1) is 0 Å². The molecule has 1 aromatic rings. The molecule has 104 valence electrons. The third-order valence-electron chi connectivity index (χ3n) is 4.67. The second kappa shape index (κ2) is 5.85. The van der Waals surface area contributed by atoms with Crippen LogP contribution in [-0.4, -0.2) is 6.04 Å². The zero-order valence-electron chi connectivity index (χ0n) is 11.7. The Morgan fingerprint density at radius 1 is 1.11 bits per heavy atom. The number of hydrogen-bond acceptors (Lipinski definition) is 1. The average molecular weight is 278 g/mol. The molecule has 0 radical (unpaired) electrons. The topological polar surface area (TPSA) is 12.0 Å². The Bertz CT molecular complexity index is 410. The van der Waals surface area contributed by atoms with Crippen LogP contribution >= 0.6 is 11.6 Å². The van der Waals surface area contributed by atoms with Gasteiger partial charge in [0.15, 0.2) is 0 Å². The number of halogens is 1. The van der Waals surface area contributed by atoms with Crippen LogP contribution in [0.15, 0.2) is 24.3 Å². The van der Waals surface area contributed by atoms with Crippen LogP contribution in [-0.2, 0) is 0 Å². The van der Waals surface area contributed by atoms with Gasteiger partial charge in [0.05, 0.1) is 0 Å². The largest absolute Gasteiger partial charge is 0.307 e. The molecule has 1 aromatic carbocycles. The summed E-state index contributed by atoms with van der Waals surface area (Å²) < 4.78 is 0. The second-order valence-corrected chi connectivity index (χ2v) is 6.94. The van der Waals surface area contributed by atoms with E-state index < -0.39 is 0 Å². The summed E-state index contributed by atoms with van der Waals surface area (Å²) >= 11 is 6.00. The number of benzene rings is 1. The Kier molecular flexibility index (Phi) is 4.14. The summed E-state index contributed by atoms with van der Waals surface area (Å²) in [5, 5.41) is 4.78. The molecule has 0 aliphatic heterocycles. The zero-order chi connectivity index (χ0) is 13.2. The smallest absolute Gasteiger partial charge is 0.0406 e. The van der Waals surface area contributed by atoms with Gasteiger partial charge in [0.2, 0.25) is 0 Å². The SMILES string of the molecule is CC1CCCC(NC(c2ccc(Cl)cc2)C2CC2)C1. The first kappa shape index (κ1) is 13.5. The van der Waals surface area contributed by atoms with Crippen LogP contribution in [0.5, 0.6) is 0 Å². The molecule has 0 bridgehead atoms. The average Bonchev–Trinajstić information content (AvgIpc) is 3.22. The maximum Gasteiger partial charge on any atom is 0.0406 e. The number of nitrogens with one attached hydrogen (secondary N) is 1. The molecular formula is C17H24ClN. The van der Waals surface area contributed by atoms with Gasteiger partial charge < -0.3 is 5.32 Å². The lowest BCUT2D eigenvalue weighted by Gasteiger charge is -2.32. The van der Waals surface area contributed by atoms with E-state index in [2.05, 4.69) is 24.4 Å². The van der Waals surface area contributed by atoms with Crippen molar-refractivity contribution in [2.75, 3.05) is 0 Å². The van der Waals surface area contributed by atoms with Crippen LogP contribution in [0.1, 0.15) is 57.1 Å². The minimum Gasteiger partial charge on any atom is -0.307 e. The van der Waals surface area contributed by atoms with E-state index in [0.717, 1.165) is 16.9 Å². The Morgan fingerprint density at radius 3 is 2.47 bits per heavy atom. The van der Waals surface area contributed by atoms with Crippen LogP contribution < -0.4 is 5.32 Å². The van der Waals surface area contributed by atoms with Gasteiger partial charge in [-0.2, -0.15) is 0 Å². The highest BCUT2D eigenvalue weighted by atomic mass is 35.5. The van der Waals surface area contributed by atoms with Crippen molar-refractivity contribution >= 4 is 11.6 Å². The van der Waals surface area contributed by atoms with E-state index >= 15 is 0 Å². The summed E-state index contributed by atoms with van der Waals surface area (Å²) in [4.78, 5) is 0. The molecule has 3 unspecified atom stereocenters. The van der Waals surface area contributed by atoms with Gasteiger partial charge in [-0.1, -0.05) is 43.5 Å². The quantitative estimate of drug-likeness (QED) is 0.820. The van der Waals surface area contributed by atoms with Gasteiger partial charge in [-0.3, -0.25) is 0 Å². The van der Waals surface area contributed by atoms with Crippen molar-refractivity contribution in [3.8, 4) is 0 Å². The van der Waals surface area contributed by atoms with Crippen LogP contribution in [0, 0.1) is 11.8 Å². The molecule has 2 saturated carbocycles. The summed E-state index contributed by atoms with van der Waals surface area (Å²) in [5.41, 5.74) is 1.42. The molecular weight excluding hydrogens is 254 g/mol. The zero-order valence-corrected chi connectivity index (χ0v) is 12.5. The summed E-state index contributed by atoms with van der Waals surface area (Å²) in [6.45, 7) is 2.39. The molecule has 2 heteroatoms. The fraction of sp³-hybridized carbons (Fsp3) is 0.647. The summed E-state index contributed by atoms with van der Waals surface area (Å²) in [6, 6.07) is 9.71. The molecule has 0 spiro atoms. The monoisotopic (exact) mass is 277 g/mol. The molecule has 0 amide bonds. The first-order valence-corrected chi connectivity index (χ1v) is 8.11. The van der Waals surface area contributed by atoms with Gasteiger partial charge >= 0.3 is 0 Å². The highest BCUT2D eigenvalue weighted by Crippen LogP contribution is 2.42. The predicted molar refractivity (Wildman–Crippen MR) is 81.5 cm³/mol. The van der Waals surface area contributed by atoms with Crippen molar-refractivity contribution in [3.63, 3.8) is 0 Å². The maximum absolute atomic E-state index is 6.00. The van der Waals surface area contributed by atoms with E-state index in [4.69, 9.17) is 11.6 Å². The molecule has 2 aliphatic carbocycles. The highest BCUT2D eigenvalue weighted by molar-refractivity contribution is 6.30. The van der Waals surface area contributed by atoms with Gasteiger partial charge in [-0.05, 0) is 55.2 Å². The number of rotatable bonds is 4. The third-order valence-corrected chi connectivity index (χ3v) is 4.93. The maximum atomic E-state index is 6.00. The molecule has 0 aromatic heterocycles. The van der Waals surface area contributed by atoms with Crippen molar-refractivity contribution in [2.45, 2.75) is 57.5 Å². The Hall–Kier alpha value is -0.530. The van der Waals surface area contributed by atoms with Crippen molar-refractivity contribution in [3.05, 3.63) is 34.9 Å². The van der Waals surface area contributed by atoms with Gasteiger partial charge in [-0.25, -0.2) is 0 Å². The summed E-state index contributed by atoms with van der Waals surface area (Å²) in [6.07, 6.45) is 8.24. The van der Waals surface area contributed by atoms with Crippen molar-refractivity contribution in [2.24, 2.45) is 11.8 Å². The fourth-order valence-corrected chi connectivity index (χ4v) is 3.57. The van der Waals surface area contributed by atoms with Crippen molar-refractivity contribution < 1.29 is 0 Å². The van der Waals surface area contributed by atoms with E-state index in [1.54, 1.807) is 0 Å². The Morgan fingerprint density at radius 2 is 1.84 bits per heavy atom. The molecule has 19 heavy (non-hydrogen) atoms. The van der Waals surface area contributed by atoms with Crippen LogP contribution in [0.3, 0.4) is 0 Å². The Labute approximate surface area is 121 Å².